The normalized spacial score (nSPS) is 23.8. The van der Waals surface area contributed by atoms with Crippen molar-refractivity contribution in [2.75, 3.05) is 20.3 Å². The van der Waals surface area contributed by atoms with Gasteiger partial charge in [-0.3, -0.25) is 24.4 Å². The van der Waals surface area contributed by atoms with Crippen molar-refractivity contribution >= 4 is 40.5 Å². The fourth-order valence-corrected chi connectivity index (χ4v) is 8.87. The number of nitrogens with one attached hydrogen (secondary N) is 2. The number of methoxy groups -OCH3 is 1. The zero-order valence-corrected chi connectivity index (χ0v) is 34.4. The van der Waals surface area contributed by atoms with Crippen LogP contribution < -0.4 is 10.7 Å². The summed E-state index contributed by atoms with van der Waals surface area (Å²) in [6.07, 6.45) is 2.98. The zero-order valence-electron chi connectivity index (χ0n) is 34.4. The molecular formula is C45H57F2N5O6. The highest BCUT2D eigenvalue weighted by Crippen LogP contribution is 2.41. The maximum atomic E-state index is 14.3. The second-order valence-corrected chi connectivity index (χ2v) is 16.5. The van der Waals surface area contributed by atoms with Gasteiger partial charge in [0.25, 0.3) is 5.91 Å². The number of hydrogen-bond acceptors (Lipinski definition) is 8. The van der Waals surface area contributed by atoms with Crippen LogP contribution in [0.1, 0.15) is 83.5 Å². The monoisotopic (exact) mass is 801 g/mol. The van der Waals surface area contributed by atoms with Crippen LogP contribution in [0.15, 0.2) is 59.7 Å². The number of amides is 2. The van der Waals surface area contributed by atoms with Crippen molar-refractivity contribution in [1.29, 1.82) is 0 Å². The first-order valence-electron chi connectivity index (χ1n) is 20.4. The summed E-state index contributed by atoms with van der Waals surface area (Å²) in [5, 5.41) is 16.2. The van der Waals surface area contributed by atoms with Gasteiger partial charge in [-0.05, 0) is 99.4 Å². The number of aromatic hydroxyl groups is 1. The molecule has 2 amide bonds. The number of fused-ring (bicyclic) bond motifs is 6. The van der Waals surface area contributed by atoms with E-state index in [4.69, 9.17) is 14.5 Å². The van der Waals surface area contributed by atoms with Crippen molar-refractivity contribution in [3.05, 3.63) is 71.6 Å². The number of phenolic OH excluding ortho intramolecular Hbond substituents is 1. The van der Waals surface area contributed by atoms with E-state index in [9.17, 15) is 28.3 Å². The zero-order chi connectivity index (χ0) is 41.9. The minimum atomic E-state index is -2.66. The number of aryl methyl sites for hydroxylation is 1. The van der Waals surface area contributed by atoms with Gasteiger partial charge in [0.2, 0.25) is 12.3 Å². The number of carbonyl (C=O) groups is 3. The highest BCUT2D eigenvalue weighted by atomic mass is 19.3. The number of cyclic esters (lactones) is 1. The average molecular weight is 802 g/mol. The molecule has 0 radical (unpaired) electrons. The van der Waals surface area contributed by atoms with E-state index in [1.54, 1.807) is 25.5 Å². The second-order valence-electron chi connectivity index (χ2n) is 16.5. The molecule has 6 rings (SSSR count). The molecule has 3 aromatic rings. The van der Waals surface area contributed by atoms with Crippen LogP contribution in [0, 0.1) is 17.3 Å². The number of benzene rings is 2. The van der Waals surface area contributed by atoms with Crippen molar-refractivity contribution in [3.8, 4) is 16.9 Å². The Hall–Kier alpha value is -4.88. The molecule has 2 fully saturated rings. The minimum Gasteiger partial charge on any atom is -0.508 e. The van der Waals surface area contributed by atoms with Crippen molar-refractivity contribution in [1.82, 2.24) is 20.3 Å². The van der Waals surface area contributed by atoms with E-state index in [0.717, 1.165) is 39.0 Å². The first-order valence-corrected chi connectivity index (χ1v) is 20.4. The molecule has 0 spiro atoms. The molecule has 6 bridgehead atoms. The lowest BCUT2D eigenvalue weighted by molar-refractivity contribution is -0.155. The predicted molar refractivity (Wildman–Crippen MR) is 221 cm³/mol. The van der Waals surface area contributed by atoms with Crippen LogP contribution in [0.25, 0.3) is 27.6 Å². The van der Waals surface area contributed by atoms with Gasteiger partial charge in [-0.15, -0.1) is 0 Å². The third-order valence-corrected chi connectivity index (χ3v) is 11.8. The molecule has 1 saturated carbocycles. The number of hydrogen-bond donors (Lipinski definition) is 3. The number of hydrazine groups is 1. The summed E-state index contributed by atoms with van der Waals surface area (Å²) in [5.41, 5.74) is 8.97. The number of aliphatic imine (C=N–C) groups is 1. The van der Waals surface area contributed by atoms with Gasteiger partial charge < -0.3 is 24.5 Å². The molecule has 2 aromatic carbocycles. The van der Waals surface area contributed by atoms with Gasteiger partial charge in [-0.2, -0.15) is 0 Å². The SMILES string of the molecule is C=C/C(=C(\N=CC)[C@H](C)OC)c1c2c3cc(ccc3n1CC)-c1cc(O)cc(c1)C[C@H](NC(=O)C1CCCC1C(F)F)C(=O)N1CCC[C@H](N1)C(=O)OCC(C)(C)C2. The molecule has 11 nitrogen and oxygen atoms in total. The number of aromatic nitrogens is 1. The van der Waals surface area contributed by atoms with Crippen molar-refractivity contribution in [2.45, 2.75) is 111 Å². The summed E-state index contributed by atoms with van der Waals surface area (Å²) in [4.78, 5) is 46.4. The summed E-state index contributed by atoms with van der Waals surface area (Å²) in [5.74, 6) is -3.67. The smallest absolute Gasteiger partial charge is 0.324 e. The Morgan fingerprint density at radius 1 is 1.16 bits per heavy atom. The largest absolute Gasteiger partial charge is 0.508 e. The van der Waals surface area contributed by atoms with Crippen molar-refractivity contribution in [3.63, 3.8) is 0 Å². The maximum Gasteiger partial charge on any atom is 0.324 e. The van der Waals surface area contributed by atoms with Gasteiger partial charge in [0.1, 0.15) is 17.8 Å². The van der Waals surface area contributed by atoms with E-state index in [1.807, 2.05) is 52.0 Å². The molecule has 1 aromatic heterocycles. The molecule has 1 saturated heterocycles. The van der Waals surface area contributed by atoms with Crippen LogP contribution >= 0.6 is 0 Å². The Bertz CT molecular complexity index is 2110. The van der Waals surface area contributed by atoms with Gasteiger partial charge in [-0.25, -0.2) is 14.2 Å². The van der Waals surface area contributed by atoms with E-state index >= 15 is 0 Å². The first-order chi connectivity index (χ1) is 27.7. The Morgan fingerprint density at radius 2 is 1.93 bits per heavy atom. The number of nitrogens with zero attached hydrogens (tertiary/aromatic N) is 3. The number of halogens is 2. The average Bonchev–Trinajstić information content (AvgIpc) is 3.82. The van der Waals surface area contributed by atoms with Crippen LogP contribution in [0.3, 0.4) is 0 Å². The van der Waals surface area contributed by atoms with Crippen LogP contribution in [-0.4, -0.2) is 83.6 Å². The molecule has 3 N–H and O–H groups in total. The van der Waals surface area contributed by atoms with Crippen LogP contribution in [0.4, 0.5) is 8.78 Å². The van der Waals surface area contributed by atoms with E-state index in [-0.39, 0.29) is 37.8 Å². The van der Waals surface area contributed by atoms with Crippen LogP contribution in [0.5, 0.6) is 5.75 Å². The summed E-state index contributed by atoms with van der Waals surface area (Å²) in [6, 6.07) is 9.20. The number of ether oxygens (including phenoxy) is 2. The molecule has 1 aliphatic carbocycles. The molecule has 13 heteroatoms. The molecule has 3 aliphatic rings. The van der Waals surface area contributed by atoms with E-state index in [0.29, 0.717) is 49.8 Å². The maximum absolute atomic E-state index is 14.3. The fraction of sp³-hybridized carbons (Fsp3) is 0.511. The van der Waals surface area contributed by atoms with Crippen molar-refractivity contribution < 1.29 is 37.7 Å². The third-order valence-electron chi connectivity index (χ3n) is 11.8. The lowest BCUT2D eigenvalue weighted by Gasteiger charge is -2.36. The quantitative estimate of drug-likeness (QED) is 0.117. The highest BCUT2D eigenvalue weighted by molar-refractivity contribution is 5.96. The van der Waals surface area contributed by atoms with E-state index in [1.165, 1.54) is 5.01 Å². The molecule has 2 aliphatic heterocycles. The number of alkyl halides is 2. The Morgan fingerprint density at radius 3 is 2.62 bits per heavy atom. The molecule has 312 valence electrons. The van der Waals surface area contributed by atoms with Crippen molar-refractivity contribution in [2.24, 2.45) is 22.2 Å². The second kappa shape index (κ2) is 17.9. The fourth-order valence-electron chi connectivity index (χ4n) is 8.87. The number of esters is 1. The topological polar surface area (TPSA) is 134 Å². The number of rotatable bonds is 9. The Kier molecular flexibility index (Phi) is 13.2. The summed E-state index contributed by atoms with van der Waals surface area (Å²) < 4.78 is 41.9. The van der Waals surface area contributed by atoms with E-state index < -0.39 is 53.5 Å². The number of allylic oxidation sites excluding steroid dienone is 2. The lowest BCUT2D eigenvalue weighted by atomic mass is 9.84. The lowest BCUT2D eigenvalue weighted by Crippen LogP contribution is -2.61. The third kappa shape index (κ3) is 8.90. The Balaban J connectivity index is 1.53. The van der Waals surface area contributed by atoms with Gasteiger partial charge in [0.05, 0.1) is 24.1 Å². The van der Waals surface area contributed by atoms with Gasteiger partial charge in [-0.1, -0.05) is 45.1 Å². The summed E-state index contributed by atoms with van der Waals surface area (Å²) in [6.45, 7) is 15.2. The Labute approximate surface area is 339 Å². The van der Waals surface area contributed by atoms with Crippen LogP contribution in [-0.2, 0) is 43.2 Å². The summed E-state index contributed by atoms with van der Waals surface area (Å²) >= 11 is 0. The van der Waals surface area contributed by atoms with Gasteiger partial charge in [0, 0.05) is 66.6 Å². The first kappa shape index (κ1) is 42.7. The summed E-state index contributed by atoms with van der Waals surface area (Å²) in [7, 11) is 1.64. The van der Waals surface area contributed by atoms with Gasteiger partial charge >= 0.3 is 5.97 Å². The number of phenols is 1. The minimum absolute atomic E-state index is 0.0325. The van der Waals surface area contributed by atoms with E-state index in [2.05, 4.69) is 34.9 Å². The van der Waals surface area contributed by atoms with Crippen LogP contribution in [0.2, 0.25) is 0 Å². The van der Waals surface area contributed by atoms with Gasteiger partial charge in [0.15, 0.2) is 0 Å². The number of carbonyl (C=O) groups excluding carboxylic acids is 3. The standard InChI is InChI=1S/C45H57F2N5O6/c1-8-31(39(48-9-2)26(4)57-7)40-35-24-45(5,6)25-58-44(56)36-15-12-18-52(50-36)43(55)37(49-42(54)33-14-11-13-32(33)41(46)47)21-27-19-29(22-30(53)20-27)28-16-17-38(34(35)23-28)51(40)10-3/h8-9,16-17,19-20,22-23,26,32-33,36-37,41,50,53H,1,10-15,18,21,24-25H2,2-7H3,(H,49,54)/b39-31+,48-9?/t26-,32?,33?,36-,37-/m0/s1. The molecule has 3 heterocycles. The molecule has 2 unspecified atom stereocenters. The molecule has 58 heavy (non-hydrogen) atoms. The molecule has 5 atom stereocenters. The highest BCUT2D eigenvalue weighted by Gasteiger charge is 2.41. The molecular weight excluding hydrogens is 745 g/mol. The predicted octanol–water partition coefficient (Wildman–Crippen LogP) is 7.39.